The van der Waals surface area contributed by atoms with Crippen LogP contribution in [0.2, 0.25) is 0 Å². The number of aryl methyl sites for hydroxylation is 1. The van der Waals surface area contributed by atoms with Crippen molar-refractivity contribution in [1.82, 2.24) is 0 Å². The Morgan fingerprint density at radius 2 is 2.06 bits per heavy atom. The van der Waals surface area contributed by atoms with Gasteiger partial charge in [0.05, 0.1) is 11.1 Å². The van der Waals surface area contributed by atoms with Gasteiger partial charge in [0.15, 0.2) is 0 Å². The zero-order chi connectivity index (χ0) is 13.0. The minimum Gasteiger partial charge on any atom is -0.492 e. The second kappa shape index (κ2) is 6.40. The second-order valence-electron chi connectivity index (χ2n) is 4.97. The van der Waals surface area contributed by atoms with Crippen molar-refractivity contribution in [2.45, 2.75) is 19.8 Å². The van der Waals surface area contributed by atoms with E-state index in [-0.39, 0.29) is 5.41 Å². The lowest BCUT2D eigenvalue weighted by atomic mass is 9.83. The lowest BCUT2D eigenvalue weighted by Crippen LogP contribution is -2.36. The Morgan fingerprint density at radius 1 is 1.33 bits per heavy atom. The van der Waals surface area contributed by atoms with Gasteiger partial charge < -0.3 is 9.47 Å². The van der Waals surface area contributed by atoms with Crippen LogP contribution in [0.4, 0.5) is 0 Å². The number of benzene rings is 1. The Balaban J connectivity index is 2.01. The summed E-state index contributed by atoms with van der Waals surface area (Å²) in [7, 11) is 0. The summed E-state index contributed by atoms with van der Waals surface area (Å²) in [5.74, 6) is 0.924. The van der Waals surface area contributed by atoms with E-state index in [1.54, 1.807) is 0 Å². The average Bonchev–Trinajstić information content (AvgIpc) is 2.39. The lowest BCUT2D eigenvalue weighted by molar-refractivity contribution is 0.00341. The third kappa shape index (κ3) is 3.49. The van der Waals surface area contributed by atoms with E-state index in [9.17, 15) is 0 Å². The van der Waals surface area contributed by atoms with Crippen molar-refractivity contribution in [3.05, 3.63) is 28.2 Å². The molecule has 2 nitrogen and oxygen atoms in total. The minimum atomic E-state index is 0.211. The Morgan fingerprint density at radius 3 is 2.67 bits per heavy atom. The summed E-state index contributed by atoms with van der Waals surface area (Å²) < 4.78 is 12.5. The molecule has 0 N–H and O–H groups in total. The first-order valence-electron chi connectivity index (χ1n) is 6.18. The predicted molar refractivity (Wildman–Crippen MR) is 80.7 cm³/mol. The molecule has 1 heterocycles. The highest BCUT2D eigenvalue weighted by Gasteiger charge is 2.32. The van der Waals surface area contributed by atoms with E-state index in [1.165, 1.54) is 5.56 Å². The van der Waals surface area contributed by atoms with Crippen LogP contribution in [-0.2, 0) is 4.74 Å². The van der Waals surface area contributed by atoms with Crippen LogP contribution in [0.1, 0.15) is 18.4 Å². The molecule has 0 aliphatic carbocycles. The van der Waals surface area contributed by atoms with E-state index in [0.29, 0.717) is 0 Å². The van der Waals surface area contributed by atoms with Crippen LogP contribution < -0.4 is 4.74 Å². The second-order valence-corrected chi connectivity index (χ2v) is 6.38. The Kier molecular flexibility index (Phi) is 5.10. The molecule has 1 aliphatic rings. The molecule has 100 valence electrons. The number of alkyl halides is 1. The van der Waals surface area contributed by atoms with Crippen LogP contribution in [0.15, 0.2) is 22.7 Å². The van der Waals surface area contributed by atoms with Crippen molar-refractivity contribution in [1.29, 1.82) is 0 Å². The fourth-order valence-electron chi connectivity index (χ4n) is 2.07. The standard InChI is InChI=1S/C14H18Br2O2/c1-11-2-3-13(12(16)8-11)18-10-14(9-15)4-6-17-7-5-14/h2-3,8H,4-7,9-10H2,1H3. The maximum atomic E-state index is 5.99. The number of halogens is 2. The molecule has 1 aromatic carbocycles. The zero-order valence-corrected chi connectivity index (χ0v) is 13.7. The van der Waals surface area contributed by atoms with Crippen molar-refractivity contribution >= 4 is 31.9 Å². The van der Waals surface area contributed by atoms with E-state index in [2.05, 4.69) is 50.9 Å². The molecule has 0 atom stereocenters. The molecule has 2 rings (SSSR count). The fraction of sp³-hybridized carbons (Fsp3) is 0.571. The third-order valence-corrected chi connectivity index (χ3v) is 5.27. The minimum absolute atomic E-state index is 0.211. The number of ether oxygens (including phenoxy) is 2. The monoisotopic (exact) mass is 376 g/mol. The van der Waals surface area contributed by atoms with E-state index in [0.717, 1.165) is 48.2 Å². The van der Waals surface area contributed by atoms with Crippen molar-refractivity contribution < 1.29 is 9.47 Å². The van der Waals surface area contributed by atoms with E-state index < -0.39 is 0 Å². The summed E-state index contributed by atoms with van der Waals surface area (Å²) in [6.07, 6.45) is 2.11. The molecule has 0 radical (unpaired) electrons. The lowest BCUT2D eigenvalue weighted by Gasteiger charge is -2.35. The molecule has 1 aromatic rings. The van der Waals surface area contributed by atoms with Gasteiger partial charge in [-0.1, -0.05) is 22.0 Å². The van der Waals surface area contributed by atoms with Crippen molar-refractivity contribution in [2.75, 3.05) is 25.2 Å². The van der Waals surface area contributed by atoms with E-state index in [1.807, 2.05) is 6.07 Å². The highest BCUT2D eigenvalue weighted by molar-refractivity contribution is 9.10. The number of hydrogen-bond donors (Lipinski definition) is 0. The molecular weight excluding hydrogens is 360 g/mol. The first-order chi connectivity index (χ1) is 8.65. The van der Waals surface area contributed by atoms with Crippen LogP contribution in [0.25, 0.3) is 0 Å². The van der Waals surface area contributed by atoms with Gasteiger partial charge in [-0.05, 0) is 53.4 Å². The molecule has 4 heteroatoms. The maximum Gasteiger partial charge on any atom is 0.133 e. The van der Waals surface area contributed by atoms with Gasteiger partial charge in [0.2, 0.25) is 0 Å². The summed E-state index contributed by atoms with van der Waals surface area (Å²) in [5, 5.41) is 0.965. The normalized spacial score (nSPS) is 18.6. The van der Waals surface area contributed by atoms with Crippen molar-refractivity contribution in [3.63, 3.8) is 0 Å². The predicted octanol–water partition coefficient (Wildman–Crippen LogP) is 4.33. The first kappa shape index (κ1) is 14.4. The van der Waals surface area contributed by atoms with Gasteiger partial charge in [0.1, 0.15) is 5.75 Å². The van der Waals surface area contributed by atoms with E-state index >= 15 is 0 Å². The SMILES string of the molecule is Cc1ccc(OCC2(CBr)CCOCC2)c(Br)c1. The summed E-state index contributed by atoms with van der Waals surface area (Å²) in [6, 6.07) is 6.19. The maximum absolute atomic E-state index is 5.99. The molecule has 1 saturated heterocycles. The van der Waals surface area contributed by atoms with Gasteiger partial charge in [0.25, 0.3) is 0 Å². The van der Waals surface area contributed by atoms with Gasteiger partial charge in [0, 0.05) is 24.0 Å². The molecule has 0 unspecified atom stereocenters. The first-order valence-corrected chi connectivity index (χ1v) is 8.09. The average molecular weight is 378 g/mol. The molecule has 0 aromatic heterocycles. The van der Waals surface area contributed by atoms with Gasteiger partial charge >= 0.3 is 0 Å². The molecular formula is C14H18Br2O2. The summed E-state index contributed by atoms with van der Waals surface area (Å²) >= 11 is 7.17. The number of rotatable bonds is 4. The van der Waals surface area contributed by atoms with Gasteiger partial charge in [-0.3, -0.25) is 0 Å². The Labute approximate surface area is 125 Å². The van der Waals surface area contributed by atoms with Crippen LogP contribution in [0, 0.1) is 12.3 Å². The zero-order valence-electron chi connectivity index (χ0n) is 10.5. The van der Waals surface area contributed by atoms with Gasteiger partial charge in [-0.25, -0.2) is 0 Å². The molecule has 0 spiro atoms. The van der Waals surface area contributed by atoms with Gasteiger partial charge in [-0.2, -0.15) is 0 Å². The molecule has 0 saturated carbocycles. The van der Waals surface area contributed by atoms with E-state index in [4.69, 9.17) is 9.47 Å². The topological polar surface area (TPSA) is 18.5 Å². The molecule has 1 fully saturated rings. The van der Waals surface area contributed by atoms with Crippen LogP contribution in [0.3, 0.4) is 0 Å². The molecule has 18 heavy (non-hydrogen) atoms. The highest BCUT2D eigenvalue weighted by Crippen LogP contribution is 2.34. The Bertz CT molecular complexity index is 401. The van der Waals surface area contributed by atoms with Crippen molar-refractivity contribution in [3.8, 4) is 5.75 Å². The van der Waals surface area contributed by atoms with Crippen molar-refractivity contribution in [2.24, 2.45) is 5.41 Å². The summed E-state index contributed by atoms with van der Waals surface area (Å²) in [6.45, 7) is 4.49. The van der Waals surface area contributed by atoms with Crippen LogP contribution in [0.5, 0.6) is 5.75 Å². The summed E-state index contributed by atoms with van der Waals surface area (Å²) in [4.78, 5) is 0. The van der Waals surface area contributed by atoms with Crippen LogP contribution >= 0.6 is 31.9 Å². The molecule has 1 aliphatic heterocycles. The molecule has 0 bridgehead atoms. The van der Waals surface area contributed by atoms with Gasteiger partial charge in [-0.15, -0.1) is 0 Å². The highest BCUT2D eigenvalue weighted by atomic mass is 79.9. The van der Waals surface area contributed by atoms with Crippen LogP contribution in [-0.4, -0.2) is 25.2 Å². The third-order valence-electron chi connectivity index (χ3n) is 3.46. The Hall–Kier alpha value is -0.0600. The largest absolute Gasteiger partial charge is 0.492 e. The smallest absolute Gasteiger partial charge is 0.133 e. The summed E-state index contributed by atoms with van der Waals surface area (Å²) in [5.41, 5.74) is 1.44. The quantitative estimate of drug-likeness (QED) is 0.727. The number of hydrogen-bond acceptors (Lipinski definition) is 2. The fourth-order valence-corrected chi connectivity index (χ4v) is 3.41. The molecule has 0 amide bonds.